The lowest BCUT2D eigenvalue weighted by Gasteiger charge is -2.18. The fourth-order valence-corrected chi connectivity index (χ4v) is 1.97. The fourth-order valence-electron chi connectivity index (χ4n) is 1.56. The van der Waals surface area contributed by atoms with Gasteiger partial charge in [0.15, 0.2) is 0 Å². The summed E-state index contributed by atoms with van der Waals surface area (Å²) in [6, 6.07) is 5.11. The van der Waals surface area contributed by atoms with Gasteiger partial charge in [0.2, 0.25) is 5.91 Å². The van der Waals surface area contributed by atoms with Crippen molar-refractivity contribution in [2.75, 3.05) is 21.2 Å². The van der Waals surface area contributed by atoms with Crippen LogP contribution in [0.5, 0.6) is 5.75 Å². The van der Waals surface area contributed by atoms with Gasteiger partial charge in [0, 0.05) is 25.0 Å². The third-order valence-corrected chi connectivity index (χ3v) is 2.93. The van der Waals surface area contributed by atoms with E-state index in [2.05, 4.69) is 15.9 Å². The quantitative estimate of drug-likeness (QED) is 0.915. The molecule has 1 atom stereocenters. The van der Waals surface area contributed by atoms with E-state index in [0.29, 0.717) is 6.42 Å². The number of nitrogens with two attached hydrogens (primary N) is 1. The van der Waals surface area contributed by atoms with Gasteiger partial charge < -0.3 is 15.4 Å². The van der Waals surface area contributed by atoms with Crippen molar-refractivity contribution < 1.29 is 9.53 Å². The number of carbonyl (C=O) groups is 1. The maximum atomic E-state index is 11.7. The Morgan fingerprint density at radius 3 is 2.71 bits per heavy atom. The molecule has 0 aliphatic heterocycles. The molecule has 0 aliphatic carbocycles. The highest BCUT2D eigenvalue weighted by atomic mass is 79.9. The van der Waals surface area contributed by atoms with Gasteiger partial charge >= 0.3 is 0 Å². The number of rotatable bonds is 4. The molecule has 0 aliphatic rings. The second-order valence-electron chi connectivity index (χ2n) is 4.00. The van der Waals surface area contributed by atoms with Crippen molar-refractivity contribution >= 4 is 21.8 Å². The average molecular weight is 301 g/mol. The smallest absolute Gasteiger partial charge is 0.239 e. The number of benzene rings is 1. The molecule has 0 fully saturated rings. The lowest BCUT2D eigenvalue weighted by Crippen LogP contribution is -2.41. The van der Waals surface area contributed by atoms with Gasteiger partial charge in [0.1, 0.15) is 5.75 Å². The lowest BCUT2D eigenvalue weighted by molar-refractivity contribution is -0.130. The van der Waals surface area contributed by atoms with Crippen molar-refractivity contribution in [3.05, 3.63) is 28.2 Å². The van der Waals surface area contributed by atoms with E-state index in [-0.39, 0.29) is 5.91 Å². The van der Waals surface area contributed by atoms with E-state index in [1.165, 1.54) is 4.90 Å². The van der Waals surface area contributed by atoms with Gasteiger partial charge in [-0.25, -0.2) is 0 Å². The summed E-state index contributed by atoms with van der Waals surface area (Å²) >= 11 is 3.39. The van der Waals surface area contributed by atoms with E-state index in [4.69, 9.17) is 10.5 Å². The number of methoxy groups -OCH3 is 1. The summed E-state index contributed by atoms with van der Waals surface area (Å²) in [4.78, 5) is 13.2. The maximum Gasteiger partial charge on any atom is 0.239 e. The molecule has 1 unspecified atom stereocenters. The predicted octanol–water partition coefficient (Wildman–Crippen LogP) is 1.42. The SMILES string of the molecule is COc1ccc(Br)cc1CC(N)C(=O)N(C)C. The van der Waals surface area contributed by atoms with Crippen LogP contribution in [-0.4, -0.2) is 38.1 Å². The topological polar surface area (TPSA) is 55.6 Å². The first-order valence-electron chi connectivity index (χ1n) is 5.25. The largest absolute Gasteiger partial charge is 0.496 e. The number of amides is 1. The Hall–Kier alpha value is -1.07. The van der Waals surface area contributed by atoms with E-state index in [1.54, 1.807) is 21.2 Å². The second-order valence-corrected chi connectivity index (χ2v) is 4.92. The Morgan fingerprint density at radius 2 is 2.18 bits per heavy atom. The Kier molecular flexibility index (Phi) is 4.96. The van der Waals surface area contributed by atoms with Gasteiger partial charge in [0.25, 0.3) is 0 Å². The Morgan fingerprint density at radius 1 is 1.53 bits per heavy atom. The number of halogens is 1. The first-order chi connectivity index (χ1) is 7.95. The first kappa shape index (κ1) is 14.0. The molecule has 1 aromatic carbocycles. The van der Waals surface area contributed by atoms with Crippen molar-refractivity contribution in [3.8, 4) is 5.75 Å². The normalized spacial score (nSPS) is 12.1. The van der Waals surface area contributed by atoms with Gasteiger partial charge in [0.05, 0.1) is 13.2 Å². The Balaban J connectivity index is 2.87. The molecule has 0 radical (unpaired) electrons. The van der Waals surface area contributed by atoms with Crippen LogP contribution in [0, 0.1) is 0 Å². The molecular formula is C12H17BrN2O2. The van der Waals surface area contributed by atoms with Gasteiger partial charge in [-0.2, -0.15) is 0 Å². The summed E-state index contributed by atoms with van der Waals surface area (Å²) < 4.78 is 6.18. The third kappa shape index (κ3) is 3.71. The van der Waals surface area contributed by atoms with E-state index in [9.17, 15) is 4.79 Å². The van der Waals surface area contributed by atoms with Crippen LogP contribution >= 0.6 is 15.9 Å². The highest BCUT2D eigenvalue weighted by molar-refractivity contribution is 9.10. The van der Waals surface area contributed by atoms with Gasteiger partial charge in [-0.3, -0.25) is 4.79 Å². The first-order valence-corrected chi connectivity index (χ1v) is 6.04. The molecular weight excluding hydrogens is 284 g/mol. The van der Waals surface area contributed by atoms with E-state index in [0.717, 1.165) is 15.8 Å². The van der Waals surface area contributed by atoms with Crippen LogP contribution in [0.1, 0.15) is 5.56 Å². The number of hydrogen-bond acceptors (Lipinski definition) is 3. The molecule has 17 heavy (non-hydrogen) atoms. The van der Waals surface area contributed by atoms with Crippen LogP contribution in [0.2, 0.25) is 0 Å². The number of carbonyl (C=O) groups excluding carboxylic acids is 1. The van der Waals surface area contributed by atoms with Crippen molar-refractivity contribution in [1.82, 2.24) is 4.90 Å². The van der Waals surface area contributed by atoms with Gasteiger partial charge in [-0.1, -0.05) is 15.9 Å². The Bertz CT molecular complexity index is 407. The molecule has 1 amide bonds. The molecule has 94 valence electrons. The summed E-state index contributed by atoms with van der Waals surface area (Å²) in [5.74, 6) is 0.655. The summed E-state index contributed by atoms with van der Waals surface area (Å²) in [6.07, 6.45) is 0.458. The minimum atomic E-state index is -0.548. The lowest BCUT2D eigenvalue weighted by atomic mass is 10.0. The van der Waals surface area contributed by atoms with E-state index >= 15 is 0 Å². The van der Waals surface area contributed by atoms with Crippen LogP contribution in [0.3, 0.4) is 0 Å². The molecule has 5 heteroatoms. The standard InChI is InChI=1S/C12H17BrN2O2/c1-15(2)12(16)10(14)7-8-6-9(13)4-5-11(8)17-3/h4-6,10H,7,14H2,1-3H3. The summed E-state index contributed by atoms with van der Waals surface area (Å²) in [6.45, 7) is 0. The highest BCUT2D eigenvalue weighted by Gasteiger charge is 2.17. The predicted molar refractivity (Wildman–Crippen MR) is 71.1 cm³/mol. The number of nitrogens with zero attached hydrogens (tertiary/aromatic N) is 1. The maximum absolute atomic E-state index is 11.7. The molecule has 1 aromatic rings. The zero-order valence-electron chi connectivity index (χ0n) is 10.2. The Labute approximate surface area is 110 Å². The summed E-state index contributed by atoms with van der Waals surface area (Å²) in [5, 5.41) is 0. The van der Waals surface area contributed by atoms with Crippen molar-refractivity contribution in [2.45, 2.75) is 12.5 Å². The molecule has 1 rings (SSSR count). The van der Waals surface area contributed by atoms with Crippen molar-refractivity contribution in [1.29, 1.82) is 0 Å². The molecule has 4 nitrogen and oxygen atoms in total. The van der Waals surface area contributed by atoms with Gasteiger partial charge in [-0.05, 0) is 23.8 Å². The molecule has 0 spiro atoms. The minimum absolute atomic E-state index is 0.0907. The molecule has 0 heterocycles. The molecule has 0 saturated carbocycles. The van der Waals surface area contributed by atoms with Gasteiger partial charge in [-0.15, -0.1) is 0 Å². The minimum Gasteiger partial charge on any atom is -0.496 e. The highest BCUT2D eigenvalue weighted by Crippen LogP contribution is 2.24. The zero-order valence-corrected chi connectivity index (χ0v) is 11.8. The number of ether oxygens (including phenoxy) is 1. The molecule has 0 saturated heterocycles. The fraction of sp³-hybridized carbons (Fsp3) is 0.417. The van der Waals surface area contributed by atoms with Crippen molar-refractivity contribution in [2.24, 2.45) is 5.73 Å². The molecule has 2 N–H and O–H groups in total. The zero-order chi connectivity index (χ0) is 13.0. The summed E-state index contributed by atoms with van der Waals surface area (Å²) in [5.41, 5.74) is 6.78. The molecule has 0 bridgehead atoms. The summed E-state index contributed by atoms with van der Waals surface area (Å²) in [7, 11) is 4.99. The number of likely N-dealkylation sites (N-methyl/N-ethyl adjacent to an activating group) is 1. The number of hydrogen-bond donors (Lipinski definition) is 1. The second kappa shape index (κ2) is 6.02. The monoisotopic (exact) mass is 300 g/mol. The van der Waals surface area contributed by atoms with E-state index < -0.39 is 6.04 Å². The van der Waals surface area contributed by atoms with Crippen molar-refractivity contribution in [3.63, 3.8) is 0 Å². The van der Waals surface area contributed by atoms with Crippen LogP contribution in [0.15, 0.2) is 22.7 Å². The molecule has 0 aromatic heterocycles. The average Bonchev–Trinajstić information content (AvgIpc) is 2.28. The van der Waals surface area contributed by atoms with Crippen LogP contribution in [0.4, 0.5) is 0 Å². The van der Waals surface area contributed by atoms with Crippen LogP contribution in [0.25, 0.3) is 0 Å². The van der Waals surface area contributed by atoms with E-state index in [1.807, 2.05) is 18.2 Å². The van der Waals surface area contributed by atoms with Crippen LogP contribution < -0.4 is 10.5 Å². The third-order valence-electron chi connectivity index (χ3n) is 2.44. The van der Waals surface area contributed by atoms with Crippen LogP contribution in [-0.2, 0) is 11.2 Å².